The number of likely N-dealkylation sites (N-methyl/N-ethyl adjacent to an activating group) is 1. The maximum absolute atomic E-state index is 12.6. The second-order valence-corrected chi connectivity index (χ2v) is 6.61. The summed E-state index contributed by atoms with van der Waals surface area (Å²) in [6.45, 7) is 3.83. The minimum absolute atomic E-state index is 0.166. The second kappa shape index (κ2) is 6.24. The Kier molecular flexibility index (Phi) is 4.31. The molecule has 0 N–H and O–H groups in total. The van der Waals surface area contributed by atoms with E-state index in [2.05, 4.69) is 25.9 Å². The molecule has 1 amide bonds. The molecule has 1 saturated heterocycles. The Morgan fingerprint density at radius 2 is 2.17 bits per heavy atom. The summed E-state index contributed by atoms with van der Waals surface area (Å²) < 4.78 is 10.8. The predicted molar refractivity (Wildman–Crippen MR) is 89.7 cm³/mol. The molecule has 0 aliphatic carbocycles. The lowest BCUT2D eigenvalue weighted by Gasteiger charge is -2.22. The van der Waals surface area contributed by atoms with Crippen molar-refractivity contribution in [1.82, 2.24) is 9.80 Å². The quantitative estimate of drug-likeness (QED) is 0.869. The molecule has 0 bridgehead atoms. The van der Waals surface area contributed by atoms with Gasteiger partial charge in [0.05, 0.1) is 19.8 Å². The van der Waals surface area contributed by atoms with Crippen LogP contribution >= 0.6 is 0 Å². The molecule has 1 aliphatic heterocycles. The zero-order valence-electron chi connectivity index (χ0n) is 14.2. The minimum atomic E-state index is 0.166. The van der Waals surface area contributed by atoms with Crippen molar-refractivity contribution in [2.45, 2.75) is 19.4 Å². The van der Waals surface area contributed by atoms with Crippen LogP contribution in [0, 0.1) is 5.92 Å². The summed E-state index contributed by atoms with van der Waals surface area (Å²) in [6, 6.07) is 6.13. The van der Waals surface area contributed by atoms with E-state index in [1.807, 2.05) is 23.1 Å². The van der Waals surface area contributed by atoms with Crippen molar-refractivity contribution in [3.63, 3.8) is 0 Å². The lowest BCUT2D eigenvalue weighted by atomic mass is 10.1. The Labute approximate surface area is 136 Å². The topological polar surface area (TPSA) is 45.9 Å². The first kappa shape index (κ1) is 15.9. The Hall–Kier alpha value is -2.01. The fraction of sp³-hybridized carbons (Fsp3) is 0.500. The molecule has 1 aromatic heterocycles. The van der Waals surface area contributed by atoms with Gasteiger partial charge in [-0.3, -0.25) is 4.79 Å². The SMILES string of the molecule is COc1ccc2c(CC(=O)N3C[C@@H](C)[C@H](N(C)C)C3)coc2c1. The van der Waals surface area contributed by atoms with Gasteiger partial charge in [-0.2, -0.15) is 0 Å². The molecule has 2 atom stereocenters. The molecular formula is C18H24N2O3. The van der Waals surface area contributed by atoms with Gasteiger partial charge >= 0.3 is 0 Å². The van der Waals surface area contributed by atoms with E-state index in [0.717, 1.165) is 35.4 Å². The zero-order valence-corrected chi connectivity index (χ0v) is 14.2. The number of hydrogen-bond donors (Lipinski definition) is 0. The molecule has 5 nitrogen and oxygen atoms in total. The number of amides is 1. The first-order valence-electron chi connectivity index (χ1n) is 7.98. The molecule has 1 fully saturated rings. The van der Waals surface area contributed by atoms with Crippen molar-refractivity contribution in [3.05, 3.63) is 30.0 Å². The second-order valence-electron chi connectivity index (χ2n) is 6.61. The highest BCUT2D eigenvalue weighted by molar-refractivity contribution is 5.88. The minimum Gasteiger partial charge on any atom is -0.497 e. The molecular weight excluding hydrogens is 292 g/mol. The smallest absolute Gasteiger partial charge is 0.227 e. The highest BCUT2D eigenvalue weighted by Crippen LogP contribution is 2.27. The van der Waals surface area contributed by atoms with E-state index in [1.54, 1.807) is 13.4 Å². The number of likely N-dealkylation sites (tertiary alicyclic amines) is 1. The van der Waals surface area contributed by atoms with E-state index < -0.39 is 0 Å². The van der Waals surface area contributed by atoms with Crippen LogP contribution in [0.3, 0.4) is 0 Å². The highest BCUT2D eigenvalue weighted by atomic mass is 16.5. The monoisotopic (exact) mass is 316 g/mol. The molecule has 124 valence electrons. The number of hydrogen-bond acceptors (Lipinski definition) is 4. The Bertz CT molecular complexity index is 707. The summed E-state index contributed by atoms with van der Waals surface area (Å²) in [5.74, 6) is 1.42. The fourth-order valence-electron chi connectivity index (χ4n) is 3.43. The normalized spacial score (nSPS) is 21.3. The van der Waals surface area contributed by atoms with Crippen LogP contribution in [0.2, 0.25) is 0 Å². The number of rotatable bonds is 4. The van der Waals surface area contributed by atoms with Gasteiger partial charge in [-0.1, -0.05) is 6.92 Å². The molecule has 1 aliphatic rings. The van der Waals surface area contributed by atoms with Crippen molar-refractivity contribution < 1.29 is 13.9 Å². The van der Waals surface area contributed by atoms with Gasteiger partial charge in [0.1, 0.15) is 11.3 Å². The third kappa shape index (κ3) is 3.06. The largest absolute Gasteiger partial charge is 0.497 e. The van der Waals surface area contributed by atoms with Crippen molar-refractivity contribution in [2.75, 3.05) is 34.3 Å². The molecule has 5 heteroatoms. The van der Waals surface area contributed by atoms with Gasteiger partial charge in [0, 0.05) is 36.1 Å². The molecule has 3 rings (SSSR count). The van der Waals surface area contributed by atoms with Crippen LogP contribution in [0.1, 0.15) is 12.5 Å². The number of nitrogens with zero attached hydrogens (tertiary/aromatic N) is 2. The fourth-order valence-corrected chi connectivity index (χ4v) is 3.43. The van der Waals surface area contributed by atoms with Gasteiger partial charge in [-0.05, 0) is 32.1 Å². The number of fused-ring (bicyclic) bond motifs is 1. The van der Waals surface area contributed by atoms with Gasteiger partial charge in [0.25, 0.3) is 0 Å². The predicted octanol–water partition coefficient (Wildman–Crippen LogP) is 2.39. The van der Waals surface area contributed by atoms with Crippen LogP contribution in [-0.4, -0.2) is 56.0 Å². The van der Waals surface area contributed by atoms with E-state index in [-0.39, 0.29) is 5.91 Å². The van der Waals surface area contributed by atoms with Gasteiger partial charge in [-0.25, -0.2) is 0 Å². The van der Waals surface area contributed by atoms with Crippen LogP contribution < -0.4 is 4.74 Å². The maximum Gasteiger partial charge on any atom is 0.227 e. The van der Waals surface area contributed by atoms with Crippen LogP contribution in [0.5, 0.6) is 5.75 Å². The average molecular weight is 316 g/mol. The van der Waals surface area contributed by atoms with Crippen LogP contribution in [0.25, 0.3) is 11.0 Å². The van der Waals surface area contributed by atoms with E-state index in [9.17, 15) is 4.79 Å². The van der Waals surface area contributed by atoms with Crippen molar-refractivity contribution in [2.24, 2.45) is 5.92 Å². The van der Waals surface area contributed by atoms with Crippen molar-refractivity contribution in [1.29, 1.82) is 0 Å². The van der Waals surface area contributed by atoms with Crippen LogP contribution in [0.4, 0.5) is 0 Å². The summed E-state index contributed by atoms with van der Waals surface area (Å²) in [6.07, 6.45) is 2.07. The average Bonchev–Trinajstić information content (AvgIpc) is 3.10. The van der Waals surface area contributed by atoms with Crippen molar-refractivity contribution in [3.8, 4) is 5.75 Å². The Morgan fingerprint density at radius 3 is 2.83 bits per heavy atom. The first-order chi connectivity index (χ1) is 11.0. The van der Waals surface area contributed by atoms with Gasteiger partial charge in [0.15, 0.2) is 0 Å². The summed E-state index contributed by atoms with van der Waals surface area (Å²) in [4.78, 5) is 16.8. The van der Waals surface area contributed by atoms with E-state index in [4.69, 9.17) is 9.15 Å². The molecule has 0 spiro atoms. The summed E-state index contributed by atoms with van der Waals surface area (Å²) >= 11 is 0. The Balaban J connectivity index is 1.74. The van der Waals surface area contributed by atoms with Gasteiger partial charge in [0.2, 0.25) is 5.91 Å². The van der Waals surface area contributed by atoms with Gasteiger partial charge < -0.3 is 19.0 Å². The third-order valence-electron chi connectivity index (χ3n) is 4.79. The highest BCUT2D eigenvalue weighted by Gasteiger charge is 2.33. The molecule has 23 heavy (non-hydrogen) atoms. The number of ether oxygens (including phenoxy) is 1. The maximum atomic E-state index is 12.6. The molecule has 2 aromatic rings. The number of furan rings is 1. The lowest BCUT2D eigenvalue weighted by Crippen LogP contribution is -2.36. The number of methoxy groups -OCH3 is 1. The zero-order chi connectivity index (χ0) is 16.6. The van der Waals surface area contributed by atoms with Crippen LogP contribution in [0.15, 0.2) is 28.9 Å². The first-order valence-corrected chi connectivity index (χ1v) is 7.98. The van der Waals surface area contributed by atoms with E-state index in [0.29, 0.717) is 18.4 Å². The van der Waals surface area contributed by atoms with Crippen LogP contribution in [-0.2, 0) is 11.2 Å². The number of benzene rings is 1. The summed E-state index contributed by atoms with van der Waals surface area (Å²) in [7, 11) is 5.78. The number of carbonyl (C=O) groups is 1. The van der Waals surface area contributed by atoms with Gasteiger partial charge in [-0.15, -0.1) is 0 Å². The molecule has 0 unspecified atom stereocenters. The molecule has 1 aromatic carbocycles. The lowest BCUT2D eigenvalue weighted by molar-refractivity contribution is -0.129. The molecule has 0 saturated carbocycles. The summed E-state index contributed by atoms with van der Waals surface area (Å²) in [5.41, 5.74) is 1.70. The molecule has 0 radical (unpaired) electrons. The number of carbonyl (C=O) groups excluding carboxylic acids is 1. The van der Waals surface area contributed by atoms with E-state index >= 15 is 0 Å². The third-order valence-corrected chi connectivity index (χ3v) is 4.79. The van der Waals surface area contributed by atoms with Crippen molar-refractivity contribution >= 4 is 16.9 Å². The Morgan fingerprint density at radius 1 is 1.39 bits per heavy atom. The van der Waals surface area contributed by atoms with E-state index in [1.165, 1.54) is 0 Å². The summed E-state index contributed by atoms with van der Waals surface area (Å²) in [5, 5.41) is 0.982. The standard InChI is InChI=1S/C18H24N2O3/c1-12-9-20(10-16(12)19(2)3)18(21)7-13-11-23-17-8-14(22-4)5-6-15(13)17/h5-6,8,11-12,16H,7,9-10H2,1-4H3/t12-,16-/m1/s1. The molecule has 2 heterocycles.